The minimum absolute atomic E-state index is 0.0477. The molecule has 0 atom stereocenters. The molecule has 27 heavy (non-hydrogen) atoms. The van der Waals surface area contributed by atoms with Gasteiger partial charge in [-0.3, -0.25) is 4.90 Å². The maximum absolute atomic E-state index is 14.3. The van der Waals surface area contributed by atoms with Crippen molar-refractivity contribution in [3.8, 4) is 0 Å². The number of alkyl halides is 2. The quantitative estimate of drug-likeness (QED) is 0.420. The second-order valence-electron chi connectivity index (χ2n) is 8.23. The van der Waals surface area contributed by atoms with Crippen LogP contribution in [0.4, 0.5) is 8.78 Å². The van der Waals surface area contributed by atoms with Crippen LogP contribution in [-0.2, 0) is 20.5 Å². The van der Waals surface area contributed by atoms with Gasteiger partial charge in [0.15, 0.2) is 8.32 Å². The molecule has 0 N–H and O–H groups in total. The first kappa shape index (κ1) is 23.7. The number of halogens is 2. The first-order valence-electron chi connectivity index (χ1n) is 9.34. The number of rotatable bonds is 10. The van der Waals surface area contributed by atoms with Crippen molar-refractivity contribution in [2.45, 2.75) is 58.3 Å². The van der Waals surface area contributed by atoms with Crippen molar-refractivity contribution < 1.29 is 22.7 Å². The third-order valence-corrected chi connectivity index (χ3v) is 9.46. The molecule has 0 spiro atoms. The van der Waals surface area contributed by atoms with Gasteiger partial charge in [-0.15, -0.1) is 0 Å². The topological polar surface area (TPSA) is 38.8 Å². The fourth-order valence-electron chi connectivity index (χ4n) is 2.28. The molecule has 0 bridgehead atoms. The van der Waals surface area contributed by atoms with Gasteiger partial charge in [0.1, 0.15) is 0 Å². The van der Waals surface area contributed by atoms with E-state index < -0.39 is 26.8 Å². The Hall–Kier alpha value is -1.31. The molecular weight excluding hydrogens is 368 g/mol. The summed E-state index contributed by atoms with van der Waals surface area (Å²) in [5, 5.41) is 0.0477. The molecule has 0 radical (unpaired) electrons. The summed E-state index contributed by atoms with van der Waals surface area (Å²) >= 11 is 0. The van der Waals surface area contributed by atoms with Crippen LogP contribution in [0.3, 0.4) is 0 Å². The van der Waals surface area contributed by atoms with Gasteiger partial charge in [0.2, 0.25) is 0 Å². The molecule has 1 aromatic rings. The summed E-state index contributed by atoms with van der Waals surface area (Å²) in [6.07, 6.45) is 0. The van der Waals surface area contributed by atoms with Crippen LogP contribution in [0.15, 0.2) is 30.3 Å². The van der Waals surface area contributed by atoms with Gasteiger partial charge in [-0.1, -0.05) is 51.1 Å². The average Bonchev–Trinajstić information content (AvgIpc) is 2.54. The lowest BCUT2D eigenvalue weighted by Gasteiger charge is -2.37. The Morgan fingerprint density at radius 3 is 2.26 bits per heavy atom. The van der Waals surface area contributed by atoms with E-state index in [1.807, 2.05) is 30.3 Å². The van der Waals surface area contributed by atoms with E-state index in [2.05, 4.69) is 38.6 Å². The highest BCUT2D eigenvalue weighted by molar-refractivity contribution is 6.74. The highest BCUT2D eigenvalue weighted by Crippen LogP contribution is 2.36. The largest absolute Gasteiger partial charge is 0.462 e. The number of hydrogen-bond donors (Lipinski definition) is 0. The lowest BCUT2D eigenvalue weighted by molar-refractivity contribution is -0.174. The second kappa shape index (κ2) is 9.75. The van der Waals surface area contributed by atoms with E-state index in [1.165, 1.54) is 6.92 Å². The van der Waals surface area contributed by atoms with Crippen molar-refractivity contribution in [2.75, 3.05) is 26.3 Å². The molecule has 4 nitrogen and oxygen atoms in total. The van der Waals surface area contributed by atoms with Crippen molar-refractivity contribution in [3.63, 3.8) is 0 Å². The van der Waals surface area contributed by atoms with E-state index in [-0.39, 0.29) is 11.6 Å². The van der Waals surface area contributed by atoms with E-state index in [4.69, 9.17) is 4.43 Å². The lowest BCUT2D eigenvalue weighted by atomic mass is 10.2. The number of ether oxygens (including phenoxy) is 1. The van der Waals surface area contributed by atoms with Crippen LogP contribution in [-0.4, -0.2) is 51.4 Å². The van der Waals surface area contributed by atoms with Gasteiger partial charge in [-0.2, -0.15) is 8.78 Å². The Bertz CT molecular complexity index is 589. The Kier molecular flexibility index (Phi) is 8.57. The molecule has 154 valence electrons. The first-order valence-corrected chi connectivity index (χ1v) is 12.2. The monoisotopic (exact) mass is 401 g/mol. The summed E-state index contributed by atoms with van der Waals surface area (Å²) in [5.74, 6) is -5.03. The average molecular weight is 402 g/mol. The van der Waals surface area contributed by atoms with E-state index in [9.17, 15) is 13.6 Å². The number of hydrogen-bond acceptors (Lipinski definition) is 4. The van der Waals surface area contributed by atoms with Gasteiger partial charge in [-0.05, 0) is 30.6 Å². The van der Waals surface area contributed by atoms with Crippen molar-refractivity contribution >= 4 is 14.3 Å². The molecule has 0 saturated carbocycles. The zero-order chi connectivity index (χ0) is 20.7. The van der Waals surface area contributed by atoms with E-state index in [0.717, 1.165) is 5.56 Å². The fraction of sp³-hybridized carbons (Fsp3) is 0.650. The van der Waals surface area contributed by atoms with Gasteiger partial charge >= 0.3 is 11.9 Å². The molecule has 0 saturated heterocycles. The molecule has 0 amide bonds. The number of esters is 1. The highest BCUT2D eigenvalue weighted by Gasteiger charge is 2.42. The predicted octanol–water partition coefficient (Wildman–Crippen LogP) is 4.71. The van der Waals surface area contributed by atoms with Gasteiger partial charge < -0.3 is 9.16 Å². The van der Waals surface area contributed by atoms with Gasteiger partial charge in [0.25, 0.3) is 0 Å². The minimum atomic E-state index is -3.55. The first-order chi connectivity index (χ1) is 12.4. The Balaban J connectivity index is 2.81. The third-order valence-electron chi connectivity index (χ3n) is 4.92. The molecule has 0 aliphatic carbocycles. The van der Waals surface area contributed by atoms with E-state index in [0.29, 0.717) is 19.7 Å². The molecule has 0 fully saturated rings. The molecule has 1 aromatic carbocycles. The zero-order valence-corrected chi connectivity index (χ0v) is 18.4. The normalized spacial score (nSPS) is 13.1. The minimum Gasteiger partial charge on any atom is -0.462 e. The number of nitrogens with zero attached hydrogens (tertiary/aromatic N) is 1. The highest BCUT2D eigenvalue weighted by atomic mass is 28.4. The smallest absolute Gasteiger partial charge is 0.378 e. The fourth-order valence-corrected chi connectivity index (χ4v) is 3.32. The van der Waals surface area contributed by atoms with Crippen molar-refractivity contribution in [3.05, 3.63) is 35.9 Å². The Morgan fingerprint density at radius 2 is 1.74 bits per heavy atom. The number of carbonyl (C=O) groups excluding carboxylic acids is 1. The summed E-state index contributed by atoms with van der Waals surface area (Å²) in [6, 6.07) is 9.36. The standard InChI is InChI=1S/C20H33F2NO3Si/c1-7-25-18(24)20(21,22)16-23(15-17-11-9-8-10-12-17)13-14-26-27(5,6)19(2,3)4/h8-12H,7,13-16H2,1-6H3. The number of carbonyl (C=O) groups is 1. The number of benzene rings is 1. The van der Waals surface area contributed by atoms with Gasteiger partial charge in [0, 0.05) is 19.7 Å². The molecule has 0 unspecified atom stereocenters. The Labute approximate surface area is 163 Å². The molecule has 0 aromatic heterocycles. The summed E-state index contributed by atoms with van der Waals surface area (Å²) < 4.78 is 39.2. The zero-order valence-electron chi connectivity index (χ0n) is 17.4. The van der Waals surface area contributed by atoms with Crippen molar-refractivity contribution in [1.82, 2.24) is 4.90 Å². The van der Waals surface area contributed by atoms with Crippen LogP contribution in [0.1, 0.15) is 33.3 Å². The van der Waals surface area contributed by atoms with Crippen LogP contribution < -0.4 is 0 Å². The maximum atomic E-state index is 14.3. The molecule has 1 rings (SSSR count). The summed E-state index contributed by atoms with van der Waals surface area (Å²) in [7, 11) is -1.96. The third kappa shape index (κ3) is 7.68. The van der Waals surface area contributed by atoms with E-state index >= 15 is 0 Å². The molecule has 7 heteroatoms. The molecule has 0 aliphatic heterocycles. The molecule has 0 aliphatic rings. The van der Waals surface area contributed by atoms with Crippen LogP contribution in [0.25, 0.3) is 0 Å². The van der Waals surface area contributed by atoms with E-state index in [1.54, 1.807) is 4.90 Å². The summed E-state index contributed by atoms with van der Waals surface area (Å²) in [4.78, 5) is 13.1. The van der Waals surface area contributed by atoms with Gasteiger partial charge in [-0.25, -0.2) is 4.79 Å². The van der Waals surface area contributed by atoms with Crippen LogP contribution >= 0.6 is 0 Å². The molecular formula is C20H33F2NO3Si. The second-order valence-corrected chi connectivity index (χ2v) is 13.0. The SMILES string of the molecule is CCOC(=O)C(F)(F)CN(CCO[Si](C)(C)C(C)(C)C)Cc1ccccc1. The van der Waals surface area contributed by atoms with Crippen molar-refractivity contribution in [1.29, 1.82) is 0 Å². The van der Waals surface area contributed by atoms with Crippen LogP contribution in [0, 0.1) is 0 Å². The van der Waals surface area contributed by atoms with Crippen LogP contribution in [0.2, 0.25) is 18.1 Å². The summed E-state index contributed by atoms with van der Waals surface area (Å²) in [5.41, 5.74) is 0.907. The maximum Gasteiger partial charge on any atom is 0.378 e. The summed E-state index contributed by atoms with van der Waals surface area (Å²) in [6.45, 7) is 12.4. The lowest BCUT2D eigenvalue weighted by Crippen LogP contribution is -2.46. The van der Waals surface area contributed by atoms with Gasteiger partial charge in [0.05, 0.1) is 13.2 Å². The molecule has 0 heterocycles. The van der Waals surface area contributed by atoms with Crippen molar-refractivity contribution in [2.24, 2.45) is 0 Å². The van der Waals surface area contributed by atoms with Crippen LogP contribution in [0.5, 0.6) is 0 Å². The Morgan fingerprint density at radius 1 is 1.15 bits per heavy atom. The predicted molar refractivity (Wildman–Crippen MR) is 106 cm³/mol.